The molecule has 4 aromatic rings. The summed E-state index contributed by atoms with van der Waals surface area (Å²) in [4.78, 5) is 19.5. The number of carbonyl (C=O) groups is 1. The van der Waals surface area contributed by atoms with E-state index in [1.54, 1.807) is 12.4 Å². The molecule has 1 atom stereocenters. The standard InChI is InChI=1S/C17H15N3O2.C9H12N2O2/c1-11-15(10-21)22-14-6-5-12-8-20(19-17(12)16(11)14)9-13-4-2-3-7-18-13;1-10-5-7-6-12-9-8(13-7)3-2-4-11-9/h2-4,7-8,10H,5-6,9H2,1H3;2-4,7,10H,5-6H2,1H3. The summed E-state index contributed by atoms with van der Waals surface area (Å²) >= 11 is 0. The normalized spacial score (nSPS) is 15.4. The molecule has 9 heteroatoms. The highest BCUT2D eigenvalue weighted by atomic mass is 16.6. The minimum absolute atomic E-state index is 0.0849. The van der Waals surface area contributed by atoms with Crippen LogP contribution in [0, 0.1) is 6.92 Å². The van der Waals surface area contributed by atoms with E-state index in [1.807, 2.05) is 49.0 Å². The van der Waals surface area contributed by atoms with E-state index in [4.69, 9.17) is 19.0 Å². The third-order valence-corrected chi connectivity index (χ3v) is 5.98. The van der Waals surface area contributed by atoms with Crippen molar-refractivity contribution in [3.8, 4) is 22.9 Å². The van der Waals surface area contributed by atoms with Crippen LogP contribution < -0.4 is 14.8 Å². The van der Waals surface area contributed by atoms with Gasteiger partial charge in [-0.2, -0.15) is 5.10 Å². The quantitative estimate of drug-likeness (QED) is 0.441. The molecule has 180 valence electrons. The molecule has 0 saturated heterocycles. The number of furan rings is 1. The van der Waals surface area contributed by atoms with Crippen molar-refractivity contribution in [1.82, 2.24) is 25.1 Å². The number of nitrogens with one attached hydrogen (secondary N) is 1. The number of nitrogens with zero attached hydrogens (tertiary/aromatic N) is 4. The van der Waals surface area contributed by atoms with Crippen molar-refractivity contribution < 1.29 is 18.7 Å². The molecule has 9 nitrogen and oxygen atoms in total. The number of aromatic nitrogens is 4. The summed E-state index contributed by atoms with van der Waals surface area (Å²) in [7, 11) is 1.89. The van der Waals surface area contributed by atoms with Crippen LogP contribution in [0.5, 0.6) is 11.6 Å². The maximum Gasteiger partial charge on any atom is 0.257 e. The van der Waals surface area contributed by atoms with E-state index in [9.17, 15) is 4.79 Å². The Kier molecular flexibility index (Phi) is 6.58. The maximum absolute atomic E-state index is 11.1. The number of rotatable bonds is 5. The maximum atomic E-state index is 11.1. The van der Waals surface area contributed by atoms with Crippen LogP contribution in [0.3, 0.4) is 0 Å². The Morgan fingerprint density at radius 1 is 1.17 bits per heavy atom. The van der Waals surface area contributed by atoms with E-state index >= 15 is 0 Å². The fraction of sp³-hybridized carbons (Fsp3) is 0.308. The third kappa shape index (κ3) is 4.81. The molecule has 0 radical (unpaired) electrons. The summed E-state index contributed by atoms with van der Waals surface area (Å²) in [6, 6.07) is 9.56. The molecular weight excluding hydrogens is 446 g/mol. The summed E-state index contributed by atoms with van der Waals surface area (Å²) in [6.07, 6.45) is 8.11. The van der Waals surface area contributed by atoms with Crippen LogP contribution in [0.1, 0.15) is 33.1 Å². The van der Waals surface area contributed by atoms with Gasteiger partial charge in [-0.1, -0.05) is 6.07 Å². The highest BCUT2D eigenvalue weighted by Gasteiger charge is 2.27. The second kappa shape index (κ2) is 10.1. The zero-order valence-corrected chi connectivity index (χ0v) is 19.7. The molecule has 0 amide bonds. The Balaban J connectivity index is 0.000000166. The Morgan fingerprint density at radius 2 is 2.06 bits per heavy atom. The highest BCUT2D eigenvalue weighted by Crippen LogP contribution is 2.37. The van der Waals surface area contributed by atoms with Crippen molar-refractivity contribution in [2.24, 2.45) is 0 Å². The topological polar surface area (TPSA) is 104 Å². The number of fused-ring (bicyclic) bond motifs is 4. The van der Waals surface area contributed by atoms with Crippen molar-refractivity contribution in [2.75, 3.05) is 20.2 Å². The molecule has 4 aromatic heterocycles. The molecule has 6 rings (SSSR count). The van der Waals surface area contributed by atoms with Crippen molar-refractivity contribution >= 4 is 6.29 Å². The summed E-state index contributed by atoms with van der Waals surface area (Å²) in [5, 5.41) is 7.74. The monoisotopic (exact) mass is 473 g/mol. The summed E-state index contributed by atoms with van der Waals surface area (Å²) in [6.45, 7) is 3.90. The average Bonchev–Trinajstić information content (AvgIpc) is 3.45. The first-order chi connectivity index (χ1) is 17.2. The molecule has 0 aromatic carbocycles. The molecular formula is C26H27N5O4. The number of pyridine rings is 2. The van der Waals surface area contributed by atoms with Crippen LogP contribution in [0.25, 0.3) is 11.3 Å². The molecule has 0 spiro atoms. The van der Waals surface area contributed by atoms with Gasteiger partial charge in [0.2, 0.25) is 0 Å². The van der Waals surface area contributed by atoms with Gasteiger partial charge in [-0.05, 0) is 50.2 Å². The van der Waals surface area contributed by atoms with Crippen LogP contribution in [0.2, 0.25) is 0 Å². The first-order valence-electron chi connectivity index (χ1n) is 11.6. The molecule has 0 bridgehead atoms. The van der Waals surface area contributed by atoms with Gasteiger partial charge < -0.3 is 19.2 Å². The van der Waals surface area contributed by atoms with Crippen LogP contribution in [0.15, 0.2) is 53.3 Å². The lowest BCUT2D eigenvalue weighted by Crippen LogP contribution is -2.37. The van der Waals surface area contributed by atoms with Gasteiger partial charge in [0.1, 0.15) is 18.5 Å². The minimum Gasteiger partial charge on any atom is -0.480 e. The fourth-order valence-electron chi connectivity index (χ4n) is 4.32. The fourth-order valence-corrected chi connectivity index (χ4v) is 4.32. The molecule has 0 fully saturated rings. The summed E-state index contributed by atoms with van der Waals surface area (Å²) < 4.78 is 18.6. The number of hydrogen-bond donors (Lipinski definition) is 1. The minimum atomic E-state index is 0.0849. The van der Waals surface area contributed by atoms with E-state index in [2.05, 4.69) is 21.5 Å². The summed E-state index contributed by atoms with van der Waals surface area (Å²) in [5.74, 6) is 2.61. The van der Waals surface area contributed by atoms with Crippen molar-refractivity contribution in [2.45, 2.75) is 32.4 Å². The Hall–Kier alpha value is -3.98. The van der Waals surface area contributed by atoms with Gasteiger partial charge in [0, 0.05) is 42.7 Å². The van der Waals surface area contributed by atoms with E-state index in [1.165, 1.54) is 5.56 Å². The molecule has 1 N–H and O–H groups in total. The van der Waals surface area contributed by atoms with Crippen LogP contribution >= 0.6 is 0 Å². The smallest absolute Gasteiger partial charge is 0.257 e. The number of hydrogen-bond acceptors (Lipinski definition) is 8. The van der Waals surface area contributed by atoms with Gasteiger partial charge in [0.25, 0.3) is 5.88 Å². The molecule has 1 aliphatic carbocycles. The second-order valence-electron chi connectivity index (χ2n) is 8.44. The SMILES string of the molecule is CNCC1COc2ncccc2O1.Cc1c(C=O)oc2c1-c1nn(Cc3ccccn3)cc1CC2. The van der Waals surface area contributed by atoms with Gasteiger partial charge in [-0.25, -0.2) is 4.98 Å². The number of aldehydes is 1. The van der Waals surface area contributed by atoms with Crippen LogP contribution in [-0.4, -0.2) is 52.3 Å². The van der Waals surface area contributed by atoms with Crippen LogP contribution in [0.4, 0.5) is 0 Å². The molecule has 0 saturated carbocycles. The predicted octanol–water partition coefficient (Wildman–Crippen LogP) is 3.25. The molecule has 5 heterocycles. The van der Waals surface area contributed by atoms with E-state index < -0.39 is 0 Å². The zero-order chi connectivity index (χ0) is 24.2. The molecule has 1 unspecified atom stereocenters. The van der Waals surface area contributed by atoms with E-state index in [0.29, 0.717) is 24.8 Å². The number of ether oxygens (including phenoxy) is 2. The zero-order valence-electron chi connectivity index (χ0n) is 19.7. The third-order valence-electron chi connectivity index (χ3n) is 5.98. The number of carbonyl (C=O) groups excluding carboxylic acids is 1. The second-order valence-corrected chi connectivity index (χ2v) is 8.44. The van der Waals surface area contributed by atoms with E-state index in [-0.39, 0.29) is 6.10 Å². The van der Waals surface area contributed by atoms with Gasteiger partial charge >= 0.3 is 0 Å². The lowest BCUT2D eigenvalue weighted by Gasteiger charge is -2.25. The Labute approximate surface area is 203 Å². The molecule has 2 aliphatic rings. The van der Waals surface area contributed by atoms with Gasteiger partial charge in [-0.3, -0.25) is 14.5 Å². The lowest BCUT2D eigenvalue weighted by molar-refractivity contribution is 0.0871. The predicted molar refractivity (Wildman–Crippen MR) is 129 cm³/mol. The summed E-state index contributed by atoms with van der Waals surface area (Å²) in [5.41, 5.74) is 4.98. The first-order valence-corrected chi connectivity index (χ1v) is 11.6. The Morgan fingerprint density at radius 3 is 2.86 bits per heavy atom. The first kappa shape index (κ1) is 22.8. The number of aryl methyl sites for hydroxylation is 2. The average molecular weight is 474 g/mol. The highest BCUT2D eigenvalue weighted by molar-refractivity contribution is 5.81. The Bertz CT molecular complexity index is 1310. The molecule has 35 heavy (non-hydrogen) atoms. The largest absolute Gasteiger partial charge is 0.480 e. The van der Waals surface area contributed by atoms with Gasteiger partial charge in [-0.15, -0.1) is 0 Å². The van der Waals surface area contributed by atoms with Gasteiger partial charge in [0.15, 0.2) is 17.8 Å². The molecule has 1 aliphatic heterocycles. The van der Waals surface area contributed by atoms with Crippen molar-refractivity contribution in [1.29, 1.82) is 0 Å². The lowest BCUT2D eigenvalue weighted by atomic mass is 9.94. The van der Waals surface area contributed by atoms with Crippen LogP contribution in [-0.2, 0) is 19.4 Å². The van der Waals surface area contributed by atoms with Crippen molar-refractivity contribution in [3.63, 3.8) is 0 Å². The van der Waals surface area contributed by atoms with E-state index in [0.717, 1.165) is 59.7 Å². The number of likely N-dealkylation sites (N-methyl/N-ethyl adjacent to an activating group) is 1. The van der Waals surface area contributed by atoms with Gasteiger partial charge in [0.05, 0.1) is 17.9 Å². The van der Waals surface area contributed by atoms with Crippen molar-refractivity contribution in [3.05, 3.63) is 77.3 Å².